The lowest BCUT2D eigenvalue weighted by atomic mass is 10.1. The van der Waals surface area contributed by atoms with Crippen molar-refractivity contribution in [1.82, 2.24) is 20.0 Å². The van der Waals surface area contributed by atoms with Gasteiger partial charge in [-0.3, -0.25) is 14.9 Å². The van der Waals surface area contributed by atoms with Gasteiger partial charge in [0, 0.05) is 57.5 Å². The number of nitrogens with one attached hydrogen (secondary N) is 1. The highest BCUT2D eigenvalue weighted by Gasteiger charge is 2.26. The summed E-state index contributed by atoms with van der Waals surface area (Å²) in [5, 5.41) is 15.5. The minimum atomic E-state index is -0.941. The summed E-state index contributed by atoms with van der Waals surface area (Å²) < 4.78 is 5.41. The van der Waals surface area contributed by atoms with Crippen molar-refractivity contribution < 1.29 is 14.6 Å². The van der Waals surface area contributed by atoms with E-state index in [9.17, 15) is 4.79 Å². The van der Waals surface area contributed by atoms with Crippen LogP contribution < -0.4 is 0 Å². The fourth-order valence-electron chi connectivity index (χ4n) is 3.19. The van der Waals surface area contributed by atoms with Crippen molar-refractivity contribution in [3.8, 4) is 0 Å². The average molecular weight is 294 g/mol. The second-order valence-electron chi connectivity index (χ2n) is 5.73. The van der Waals surface area contributed by atoms with E-state index in [-0.39, 0.29) is 5.69 Å². The number of hydrogen-bond acceptors (Lipinski definition) is 5. The number of carbonyl (C=O) groups is 1. The highest BCUT2D eigenvalue weighted by molar-refractivity contribution is 5.86. The van der Waals surface area contributed by atoms with Gasteiger partial charge in [-0.2, -0.15) is 5.10 Å². The van der Waals surface area contributed by atoms with Crippen LogP contribution in [0.3, 0.4) is 0 Å². The maximum Gasteiger partial charge on any atom is 0.354 e. The zero-order valence-electron chi connectivity index (χ0n) is 12.1. The summed E-state index contributed by atoms with van der Waals surface area (Å²) in [7, 11) is 0. The number of rotatable bonds is 4. The van der Waals surface area contributed by atoms with E-state index in [4.69, 9.17) is 9.84 Å². The quantitative estimate of drug-likeness (QED) is 0.837. The molecule has 0 unspecified atom stereocenters. The molecule has 0 aromatic carbocycles. The molecule has 7 heteroatoms. The summed E-state index contributed by atoms with van der Waals surface area (Å²) >= 11 is 0. The molecule has 7 nitrogen and oxygen atoms in total. The van der Waals surface area contributed by atoms with Crippen LogP contribution in [-0.2, 0) is 11.3 Å². The largest absolute Gasteiger partial charge is 0.477 e. The first-order valence-electron chi connectivity index (χ1n) is 7.53. The molecule has 2 aliphatic heterocycles. The molecule has 21 heavy (non-hydrogen) atoms. The monoisotopic (exact) mass is 294 g/mol. The smallest absolute Gasteiger partial charge is 0.354 e. The van der Waals surface area contributed by atoms with Crippen LogP contribution in [0.1, 0.15) is 28.9 Å². The van der Waals surface area contributed by atoms with E-state index in [2.05, 4.69) is 20.0 Å². The summed E-state index contributed by atoms with van der Waals surface area (Å²) in [6.07, 6.45) is 3.88. The van der Waals surface area contributed by atoms with Gasteiger partial charge in [-0.25, -0.2) is 4.79 Å². The van der Waals surface area contributed by atoms with Crippen LogP contribution in [-0.4, -0.2) is 76.5 Å². The molecule has 0 atom stereocenters. The fraction of sp³-hybridized carbons (Fsp3) is 0.714. The number of aromatic carboxylic acids is 1. The zero-order chi connectivity index (χ0) is 14.7. The standard InChI is InChI=1S/C14H22N4O3/c19-14(20)13-11(9-15-16-13)10-17-3-5-18(6-4-17)12-1-7-21-8-2-12/h9,12H,1-8,10H2,(H,15,16)(H,19,20). The summed E-state index contributed by atoms with van der Waals surface area (Å²) in [6.45, 7) is 6.45. The molecular formula is C14H22N4O3. The number of nitrogens with zero attached hydrogens (tertiary/aromatic N) is 3. The Morgan fingerprint density at radius 1 is 1.33 bits per heavy atom. The molecule has 2 aliphatic rings. The predicted molar refractivity (Wildman–Crippen MR) is 76.2 cm³/mol. The molecule has 0 bridgehead atoms. The maximum absolute atomic E-state index is 11.1. The summed E-state index contributed by atoms with van der Waals surface area (Å²) in [4.78, 5) is 15.9. The SMILES string of the molecule is O=C(O)c1[nH]ncc1CN1CCN(C2CCOCC2)CC1. The Hall–Kier alpha value is -1.44. The highest BCUT2D eigenvalue weighted by atomic mass is 16.5. The predicted octanol–water partition coefficient (Wildman–Crippen LogP) is 0.404. The average Bonchev–Trinajstić information content (AvgIpc) is 2.97. The van der Waals surface area contributed by atoms with Crippen molar-refractivity contribution in [3.63, 3.8) is 0 Å². The lowest BCUT2D eigenvalue weighted by Gasteiger charge is -2.40. The van der Waals surface area contributed by atoms with Crippen molar-refractivity contribution in [1.29, 1.82) is 0 Å². The van der Waals surface area contributed by atoms with Crippen LogP contribution in [0.25, 0.3) is 0 Å². The summed E-state index contributed by atoms with van der Waals surface area (Å²) in [6, 6.07) is 0.657. The highest BCUT2D eigenvalue weighted by Crippen LogP contribution is 2.18. The van der Waals surface area contributed by atoms with E-state index in [0.29, 0.717) is 12.6 Å². The molecular weight excluding hydrogens is 272 g/mol. The molecule has 2 fully saturated rings. The van der Waals surface area contributed by atoms with Gasteiger partial charge in [0.1, 0.15) is 5.69 Å². The van der Waals surface area contributed by atoms with Crippen LogP contribution in [0.2, 0.25) is 0 Å². The molecule has 1 aromatic heterocycles. The molecule has 3 heterocycles. The molecule has 116 valence electrons. The van der Waals surface area contributed by atoms with Crippen molar-refractivity contribution >= 4 is 5.97 Å². The zero-order valence-corrected chi connectivity index (χ0v) is 12.1. The molecule has 1 aromatic rings. The Morgan fingerprint density at radius 2 is 2.05 bits per heavy atom. The summed E-state index contributed by atoms with van der Waals surface area (Å²) in [5.74, 6) is -0.941. The molecule has 0 aliphatic carbocycles. The Balaban J connectivity index is 1.51. The molecule has 2 saturated heterocycles. The third-order valence-electron chi connectivity index (χ3n) is 4.44. The third-order valence-corrected chi connectivity index (χ3v) is 4.44. The van der Waals surface area contributed by atoms with Gasteiger partial charge in [-0.05, 0) is 12.8 Å². The van der Waals surface area contributed by atoms with Crippen LogP contribution in [0.15, 0.2) is 6.20 Å². The van der Waals surface area contributed by atoms with E-state index in [0.717, 1.165) is 57.8 Å². The van der Waals surface area contributed by atoms with Gasteiger partial charge in [0.2, 0.25) is 0 Å². The number of carboxylic acids is 1. The van der Waals surface area contributed by atoms with Crippen molar-refractivity contribution in [2.24, 2.45) is 0 Å². The number of aromatic amines is 1. The minimum absolute atomic E-state index is 0.210. The topological polar surface area (TPSA) is 81.7 Å². The summed E-state index contributed by atoms with van der Waals surface area (Å²) in [5.41, 5.74) is 0.976. The van der Waals surface area contributed by atoms with Gasteiger partial charge in [0.15, 0.2) is 0 Å². The van der Waals surface area contributed by atoms with E-state index in [1.54, 1.807) is 6.20 Å². The molecule has 0 saturated carbocycles. The van der Waals surface area contributed by atoms with Gasteiger partial charge in [-0.15, -0.1) is 0 Å². The van der Waals surface area contributed by atoms with Gasteiger partial charge < -0.3 is 9.84 Å². The van der Waals surface area contributed by atoms with Gasteiger partial charge in [0.25, 0.3) is 0 Å². The second kappa shape index (κ2) is 6.55. The second-order valence-corrected chi connectivity index (χ2v) is 5.73. The Morgan fingerprint density at radius 3 is 2.71 bits per heavy atom. The molecule has 2 N–H and O–H groups in total. The van der Waals surface area contributed by atoms with Crippen LogP contribution in [0.5, 0.6) is 0 Å². The lowest BCUT2D eigenvalue weighted by Crippen LogP contribution is -2.51. The van der Waals surface area contributed by atoms with E-state index in [1.807, 2.05) is 0 Å². The maximum atomic E-state index is 11.1. The van der Waals surface area contributed by atoms with Crippen LogP contribution >= 0.6 is 0 Å². The van der Waals surface area contributed by atoms with Crippen molar-refractivity contribution in [2.75, 3.05) is 39.4 Å². The van der Waals surface area contributed by atoms with Crippen LogP contribution in [0.4, 0.5) is 0 Å². The minimum Gasteiger partial charge on any atom is -0.477 e. The molecule has 3 rings (SSSR count). The number of aromatic nitrogens is 2. The Kier molecular flexibility index (Phi) is 4.52. The van der Waals surface area contributed by atoms with Crippen molar-refractivity contribution in [3.05, 3.63) is 17.5 Å². The number of H-pyrrole nitrogens is 1. The van der Waals surface area contributed by atoms with E-state index >= 15 is 0 Å². The fourth-order valence-corrected chi connectivity index (χ4v) is 3.19. The number of piperazine rings is 1. The number of ether oxygens (including phenoxy) is 1. The molecule has 0 spiro atoms. The van der Waals surface area contributed by atoms with Gasteiger partial charge >= 0.3 is 5.97 Å². The first kappa shape index (κ1) is 14.5. The Bertz CT molecular complexity index is 476. The first-order valence-corrected chi connectivity index (χ1v) is 7.53. The van der Waals surface area contributed by atoms with E-state index < -0.39 is 5.97 Å². The van der Waals surface area contributed by atoms with E-state index in [1.165, 1.54) is 0 Å². The van der Waals surface area contributed by atoms with Gasteiger partial charge in [0.05, 0.1) is 6.20 Å². The number of hydrogen-bond donors (Lipinski definition) is 2. The first-order chi connectivity index (χ1) is 10.2. The number of carboxylic acid groups (broad SMARTS) is 1. The molecule has 0 amide bonds. The molecule has 0 radical (unpaired) electrons. The van der Waals surface area contributed by atoms with Gasteiger partial charge in [-0.1, -0.05) is 0 Å². The third kappa shape index (κ3) is 3.42. The van der Waals surface area contributed by atoms with Crippen LogP contribution in [0, 0.1) is 0 Å². The Labute approximate surface area is 123 Å². The lowest BCUT2D eigenvalue weighted by molar-refractivity contribution is 0.0126. The van der Waals surface area contributed by atoms with Crippen molar-refractivity contribution in [2.45, 2.75) is 25.4 Å². The normalized spacial score (nSPS) is 22.5.